The molecule has 1 fully saturated rings. The molecule has 90 valence electrons. The summed E-state index contributed by atoms with van der Waals surface area (Å²) < 4.78 is 10.6. The van der Waals surface area contributed by atoms with Crippen molar-refractivity contribution in [2.45, 2.75) is 19.3 Å². The Bertz CT molecular complexity index is 138. The molecule has 4 heteroatoms. The molecule has 4 nitrogen and oxygen atoms in total. The van der Waals surface area contributed by atoms with Gasteiger partial charge in [0.1, 0.15) is 0 Å². The second-order valence-corrected chi connectivity index (χ2v) is 3.98. The van der Waals surface area contributed by atoms with Gasteiger partial charge >= 0.3 is 0 Å². The van der Waals surface area contributed by atoms with E-state index in [4.69, 9.17) is 14.6 Å². The van der Waals surface area contributed by atoms with Gasteiger partial charge in [-0.05, 0) is 31.7 Å². The van der Waals surface area contributed by atoms with Crippen LogP contribution in [0.15, 0.2) is 0 Å². The Morgan fingerprint density at radius 1 is 1.40 bits per heavy atom. The summed E-state index contributed by atoms with van der Waals surface area (Å²) in [5.74, 6) is 0.692. The van der Waals surface area contributed by atoms with Crippen LogP contribution in [0, 0.1) is 5.92 Å². The summed E-state index contributed by atoms with van der Waals surface area (Å²) in [6.45, 7) is 5.19. The third-order valence-corrected chi connectivity index (χ3v) is 2.57. The summed E-state index contributed by atoms with van der Waals surface area (Å²) in [6.07, 6.45) is 3.49. The third kappa shape index (κ3) is 6.84. The van der Waals surface area contributed by atoms with Gasteiger partial charge in [-0.25, -0.2) is 0 Å². The minimum atomic E-state index is 0.118. The maximum absolute atomic E-state index is 8.48. The first-order chi connectivity index (χ1) is 7.43. The van der Waals surface area contributed by atoms with Crippen molar-refractivity contribution in [3.8, 4) is 0 Å². The molecule has 0 amide bonds. The van der Waals surface area contributed by atoms with E-state index in [1.54, 1.807) is 0 Å². The topological polar surface area (TPSA) is 50.7 Å². The van der Waals surface area contributed by atoms with E-state index >= 15 is 0 Å². The van der Waals surface area contributed by atoms with Crippen LogP contribution < -0.4 is 5.32 Å². The number of hydrogen-bond acceptors (Lipinski definition) is 4. The van der Waals surface area contributed by atoms with Gasteiger partial charge in [-0.2, -0.15) is 0 Å². The van der Waals surface area contributed by atoms with E-state index in [0.717, 1.165) is 39.3 Å². The highest BCUT2D eigenvalue weighted by atomic mass is 16.5. The summed E-state index contributed by atoms with van der Waals surface area (Å²) in [4.78, 5) is 0. The molecule has 1 rings (SSSR count). The van der Waals surface area contributed by atoms with Gasteiger partial charge in [-0.3, -0.25) is 0 Å². The fraction of sp³-hybridized carbons (Fsp3) is 1.00. The Morgan fingerprint density at radius 3 is 3.07 bits per heavy atom. The van der Waals surface area contributed by atoms with Gasteiger partial charge in [-0.15, -0.1) is 0 Å². The number of aliphatic hydroxyl groups excluding tert-OH is 1. The van der Waals surface area contributed by atoms with E-state index in [0.29, 0.717) is 12.5 Å². The molecule has 0 aromatic heterocycles. The van der Waals surface area contributed by atoms with Gasteiger partial charge in [0.2, 0.25) is 0 Å². The highest BCUT2D eigenvalue weighted by molar-refractivity contribution is 4.65. The fourth-order valence-corrected chi connectivity index (χ4v) is 1.74. The Balaban J connectivity index is 1.79. The minimum absolute atomic E-state index is 0.118. The van der Waals surface area contributed by atoms with Gasteiger partial charge < -0.3 is 19.9 Å². The Morgan fingerprint density at radius 2 is 2.33 bits per heavy atom. The fourth-order valence-electron chi connectivity index (χ4n) is 1.74. The molecule has 1 unspecified atom stereocenters. The van der Waals surface area contributed by atoms with Crippen LogP contribution in [-0.2, 0) is 9.47 Å². The van der Waals surface area contributed by atoms with E-state index in [-0.39, 0.29) is 6.61 Å². The maximum Gasteiger partial charge on any atom is 0.0697 e. The lowest BCUT2D eigenvalue weighted by molar-refractivity contribution is 0.0542. The van der Waals surface area contributed by atoms with E-state index in [1.807, 2.05) is 0 Å². The average molecular weight is 217 g/mol. The minimum Gasteiger partial charge on any atom is -0.394 e. The zero-order valence-electron chi connectivity index (χ0n) is 9.41. The monoisotopic (exact) mass is 217 g/mol. The molecule has 0 aliphatic carbocycles. The number of aliphatic hydroxyl groups is 1. The lowest BCUT2D eigenvalue weighted by Gasteiger charge is -2.22. The van der Waals surface area contributed by atoms with Gasteiger partial charge in [-0.1, -0.05) is 0 Å². The highest BCUT2D eigenvalue weighted by Crippen LogP contribution is 2.11. The molecular weight excluding hydrogens is 194 g/mol. The molecule has 0 saturated carbocycles. The van der Waals surface area contributed by atoms with Crippen LogP contribution in [0.2, 0.25) is 0 Å². The SMILES string of the molecule is OCCOCCCNCC1CCCOC1. The molecule has 15 heavy (non-hydrogen) atoms. The van der Waals surface area contributed by atoms with Crippen molar-refractivity contribution in [1.29, 1.82) is 0 Å². The van der Waals surface area contributed by atoms with Crippen LogP contribution in [0.1, 0.15) is 19.3 Å². The molecule has 1 heterocycles. The molecule has 0 spiro atoms. The zero-order chi connectivity index (χ0) is 10.8. The Hall–Kier alpha value is -0.160. The predicted octanol–water partition coefficient (Wildman–Crippen LogP) is 0.402. The van der Waals surface area contributed by atoms with Crippen molar-refractivity contribution in [2.75, 3.05) is 46.1 Å². The summed E-state index contributed by atoms with van der Waals surface area (Å²) >= 11 is 0. The summed E-state index contributed by atoms with van der Waals surface area (Å²) in [6, 6.07) is 0. The van der Waals surface area contributed by atoms with Crippen LogP contribution in [0.3, 0.4) is 0 Å². The molecule has 1 aliphatic rings. The molecule has 0 aromatic carbocycles. The molecular formula is C11H23NO3. The first-order valence-corrected chi connectivity index (χ1v) is 5.90. The first kappa shape index (κ1) is 12.9. The number of hydrogen-bond donors (Lipinski definition) is 2. The van der Waals surface area contributed by atoms with Crippen LogP contribution in [0.5, 0.6) is 0 Å². The zero-order valence-corrected chi connectivity index (χ0v) is 9.41. The Kier molecular flexibility index (Phi) is 7.83. The van der Waals surface area contributed by atoms with Crippen molar-refractivity contribution in [2.24, 2.45) is 5.92 Å². The van der Waals surface area contributed by atoms with Gasteiger partial charge in [0, 0.05) is 19.8 Å². The predicted molar refractivity (Wildman–Crippen MR) is 58.9 cm³/mol. The van der Waals surface area contributed by atoms with E-state index in [2.05, 4.69) is 5.32 Å². The summed E-state index contributed by atoms with van der Waals surface area (Å²) in [7, 11) is 0. The lowest BCUT2D eigenvalue weighted by atomic mass is 10.0. The smallest absolute Gasteiger partial charge is 0.0697 e. The summed E-state index contributed by atoms with van der Waals surface area (Å²) in [5, 5.41) is 11.9. The second kappa shape index (κ2) is 9.09. The van der Waals surface area contributed by atoms with Crippen LogP contribution >= 0.6 is 0 Å². The van der Waals surface area contributed by atoms with Crippen molar-refractivity contribution in [3.05, 3.63) is 0 Å². The van der Waals surface area contributed by atoms with Crippen LogP contribution in [0.25, 0.3) is 0 Å². The molecule has 0 radical (unpaired) electrons. The molecule has 1 aliphatic heterocycles. The number of ether oxygens (including phenoxy) is 2. The number of nitrogens with one attached hydrogen (secondary N) is 1. The van der Waals surface area contributed by atoms with E-state index in [1.165, 1.54) is 12.8 Å². The van der Waals surface area contributed by atoms with E-state index in [9.17, 15) is 0 Å². The van der Waals surface area contributed by atoms with Gasteiger partial charge in [0.25, 0.3) is 0 Å². The summed E-state index contributed by atoms with van der Waals surface area (Å²) in [5.41, 5.74) is 0. The molecule has 1 saturated heterocycles. The van der Waals surface area contributed by atoms with Crippen molar-refractivity contribution < 1.29 is 14.6 Å². The van der Waals surface area contributed by atoms with E-state index < -0.39 is 0 Å². The van der Waals surface area contributed by atoms with Crippen LogP contribution in [0.4, 0.5) is 0 Å². The average Bonchev–Trinajstić information content (AvgIpc) is 2.29. The molecule has 1 atom stereocenters. The van der Waals surface area contributed by atoms with Gasteiger partial charge in [0.05, 0.1) is 19.8 Å². The lowest BCUT2D eigenvalue weighted by Crippen LogP contribution is -2.30. The third-order valence-electron chi connectivity index (χ3n) is 2.57. The number of rotatable bonds is 8. The first-order valence-electron chi connectivity index (χ1n) is 5.90. The molecule has 0 aromatic rings. The van der Waals surface area contributed by atoms with Crippen molar-refractivity contribution >= 4 is 0 Å². The van der Waals surface area contributed by atoms with Crippen molar-refractivity contribution in [1.82, 2.24) is 5.32 Å². The van der Waals surface area contributed by atoms with Crippen LogP contribution in [-0.4, -0.2) is 51.2 Å². The quantitative estimate of drug-likeness (QED) is 0.578. The molecule has 2 N–H and O–H groups in total. The highest BCUT2D eigenvalue weighted by Gasteiger charge is 2.12. The standard InChI is InChI=1S/C11H23NO3/c13-5-8-14-7-2-4-12-9-11-3-1-6-15-10-11/h11-13H,1-10H2. The maximum atomic E-state index is 8.48. The largest absolute Gasteiger partial charge is 0.394 e. The second-order valence-electron chi connectivity index (χ2n) is 3.98. The Labute approximate surface area is 92.0 Å². The normalized spacial score (nSPS) is 21.8. The molecule has 0 bridgehead atoms. The van der Waals surface area contributed by atoms with Crippen molar-refractivity contribution in [3.63, 3.8) is 0 Å². The van der Waals surface area contributed by atoms with Gasteiger partial charge in [0.15, 0.2) is 0 Å².